The molecule has 0 spiro atoms. The van der Waals surface area contributed by atoms with Crippen molar-refractivity contribution in [2.24, 2.45) is 5.92 Å². The van der Waals surface area contributed by atoms with Crippen LogP contribution in [0.5, 0.6) is 0 Å². The molecule has 2 aliphatic heterocycles. The number of likely N-dealkylation sites (tertiary alicyclic amines) is 2. The molecule has 23 heavy (non-hydrogen) atoms. The standard InChI is InChI=1S/C18H25N3O2/c1-14-9-11-21(12-14)18(23)19-16(15-6-3-2-4-7-15)13-20-10-5-8-17(20)22/h2-4,6-7,14,16H,5,8-13H2,1H3,(H,19,23). The fourth-order valence-electron chi connectivity index (χ4n) is 3.40. The van der Waals surface area contributed by atoms with Gasteiger partial charge in [-0.1, -0.05) is 37.3 Å². The summed E-state index contributed by atoms with van der Waals surface area (Å²) in [5.41, 5.74) is 1.05. The van der Waals surface area contributed by atoms with Gasteiger partial charge in [-0.15, -0.1) is 0 Å². The van der Waals surface area contributed by atoms with Crippen LogP contribution in [0.1, 0.15) is 37.8 Å². The molecule has 0 aromatic heterocycles. The Balaban J connectivity index is 1.70. The molecule has 2 fully saturated rings. The Morgan fingerprint density at radius 1 is 1.30 bits per heavy atom. The zero-order valence-corrected chi connectivity index (χ0v) is 13.7. The van der Waals surface area contributed by atoms with Gasteiger partial charge in [0.15, 0.2) is 0 Å². The summed E-state index contributed by atoms with van der Waals surface area (Å²) < 4.78 is 0. The Bertz CT molecular complexity index is 561. The number of amides is 3. The van der Waals surface area contributed by atoms with Crippen molar-refractivity contribution < 1.29 is 9.59 Å². The largest absolute Gasteiger partial charge is 0.340 e. The Kier molecular flexibility index (Phi) is 4.84. The van der Waals surface area contributed by atoms with Crippen molar-refractivity contribution in [3.05, 3.63) is 35.9 Å². The summed E-state index contributed by atoms with van der Waals surface area (Å²) in [6, 6.07) is 9.76. The van der Waals surface area contributed by atoms with Gasteiger partial charge in [-0.05, 0) is 24.3 Å². The smallest absolute Gasteiger partial charge is 0.317 e. The van der Waals surface area contributed by atoms with E-state index in [1.165, 1.54) is 0 Å². The zero-order chi connectivity index (χ0) is 16.2. The van der Waals surface area contributed by atoms with Crippen LogP contribution < -0.4 is 5.32 Å². The number of nitrogens with one attached hydrogen (secondary N) is 1. The Morgan fingerprint density at radius 2 is 2.09 bits per heavy atom. The van der Waals surface area contributed by atoms with Crippen LogP contribution in [0.4, 0.5) is 4.79 Å². The summed E-state index contributed by atoms with van der Waals surface area (Å²) in [7, 11) is 0. The topological polar surface area (TPSA) is 52.7 Å². The number of carbonyl (C=O) groups is 2. The number of hydrogen-bond donors (Lipinski definition) is 1. The van der Waals surface area contributed by atoms with Gasteiger partial charge in [0, 0.05) is 32.6 Å². The Morgan fingerprint density at radius 3 is 2.70 bits per heavy atom. The molecule has 124 valence electrons. The molecule has 3 rings (SSSR count). The molecule has 2 aliphatic rings. The zero-order valence-electron chi connectivity index (χ0n) is 13.7. The van der Waals surface area contributed by atoms with Gasteiger partial charge in [-0.2, -0.15) is 0 Å². The van der Waals surface area contributed by atoms with Crippen molar-refractivity contribution in [1.82, 2.24) is 15.1 Å². The third-order valence-corrected chi connectivity index (χ3v) is 4.79. The fourth-order valence-corrected chi connectivity index (χ4v) is 3.40. The van der Waals surface area contributed by atoms with E-state index < -0.39 is 0 Å². The van der Waals surface area contributed by atoms with Crippen molar-refractivity contribution in [2.75, 3.05) is 26.2 Å². The molecule has 0 bridgehead atoms. The van der Waals surface area contributed by atoms with Crippen LogP contribution in [0, 0.1) is 5.92 Å². The lowest BCUT2D eigenvalue weighted by molar-refractivity contribution is -0.128. The highest BCUT2D eigenvalue weighted by atomic mass is 16.2. The third-order valence-electron chi connectivity index (χ3n) is 4.79. The van der Waals surface area contributed by atoms with Crippen molar-refractivity contribution in [3.8, 4) is 0 Å². The van der Waals surface area contributed by atoms with E-state index in [0.29, 0.717) is 18.9 Å². The third kappa shape index (κ3) is 3.84. The van der Waals surface area contributed by atoms with Gasteiger partial charge in [-0.25, -0.2) is 4.79 Å². The lowest BCUT2D eigenvalue weighted by atomic mass is 10.1. The molecule has 2 saturated heterocycles. The molecular formula is C18H25N3O2. The summed E-state index contributed by atoms with van der Waals surface area (Å²) >= 11 is 0. The first kappa shape index (κ1) is 15.8. The van der Waals surface area contributed by atoms with Crippen molar-refractivity contribution in [3.63, 3.8) is 0 Å². The number of benzene rings is 1. The van der Waals surface area contributed by atoms with E-state index in [0.717, 1.165) is 38.0 Å². The van der Waals surface area contributed by atoms with E-state index in [2.05, 4.69) is 12.2 Å². The average Bonchev–Trinajstić information content (AvgIpc) is 3.16. The summed E-state index contributed by atoms with van der Waals surface area (Å²) in [6.45, 7) is 5.15. The van der Waals surface area contributed by atoms with Crippen LogP contribution in [-0.4, -0.2) is 47.9 Å². The van der Waals surface area contributed by atoms with Gasteiger partial charge in [0.1, 0.15) is 0 Å². The number of urea groups is 1. The van der Waals surface area contributed by atoms with Crippen molar-refractivity contribution >= 4 is 11.9 Å². The minimum Gasteiger partial charge on any atom is -0.340 e. The second kappa shape index (κ2) is 7.02. The van der Waals surface area contributed by atoms with E-state index in [1.807, 2.05) is 40.1 Å². The minimum absolute atomic E-state index is 0.0187. The van der Waals surface area contributed by atoms with Crippen LogP contribution in [0.25, 0.3) is 0 Å². The summed E-state index contributed by atoms with van der Waals surface area (Å²) in [5.74, 6) is 0.756. The Labute approximate surface area is 137 Å². The molecule has 1 aromatic rings. The molecule has 2 heterocycles. The van der Waals surface area contributed by atoms with Gasteiger partial charge in [0.05, 0.1) is 6.04 Å². The van der Waals surface area contributed by atoms with E-state index in [-0.39, 0.29) is 18.0 Å². The molecule has 1 aromatic carbocycles. The van der Waals surface area contributed by atoms with Crippen molar-refractivity contribution in [2.45, 2.75) is 32.2 Å². The molecule has 0 saturated carbocycles. The number of rotatable bonds is 4. The minimum atomic E-state index is -0.151. The van der Waals surface area contributed by atoms with Gasteiger partial charge in [0.25, 0.3) is 0 Å². The maximum Gasteiger partial charge on any atom is 0.317 e. The van der Waals surface area contributed by atoms with E-state index in [1.54, 1.807) is 0 Å². The lowest BCUT2D eigenvalue weighted by Gasteiger charge is -2.27. The first-order valence-electron chi connectivity index (χ1n) is 8.51. The van der Waals surface area contributed by atoms with E-state index >= 15 is 0 Å². The lowest BCUT2D eigenvalue weighted by Crippen LogP contribution is -2.44. The molecule has 0 aliphatic carbocycles. The normalized spacial score (nSPS) is 22.5. The Hall–Kier alpha value is -2.04. The SMILES string of the molecule is CC1CCN(C(=O)NC(CN2CCCC2=O)c2ccccc2)C1. The van der Waals surface area contributed by atoms with Gasteiger partial charge in [0.2, 0.25) is 5.91 Å². The van der Waals surface area contributed by atoms with Crippen LogP contribution >= 0.6 is 0 Å². The molecule has 2 atom stereocenters. The van der Waals surface area contributed by atoms with Gasteiger partial charge < -0.3 is 15.1 Å². The first-order valence-corrected chi connectivity index (χ1v) is 8.51. The summed E-state index contributed by atoms with van der Waals surface area (Å²) in [5, 5.41) is 3.14. The molecule has 0 radical (unpaired) electrons. The maximum atomic E-state index is 12.5. The fraction of sp³-hybridized carbons (Fsp3) is 0.556. The quantitative estimate of drug-likeness (QED) is 0.927. The van der Waals surface area contributed by atoms with E-state index in [9.17, 15) is 9.59 Å². The highest BCUT2D eigenvalue weighted by Crippen LogP contribution is 2.20. The molecule has 1 N–H and O–H groups in total. The van der Waals surface area contributed by atoms with Crippen LogP contribution in [0.2, 0.25) is 0 Å². The highest BCUT2D eigenvalue weighted by molar-refractivity contribution is 5.78. The number of carbonyl (C=O) groups excluding carboxylic acids is 2. The molecule has 5 nitrogen and oxygen atoms in total. The number of hydrogen-bond acceptors (Lipinski definition) is 2. The van der Waals surface area contributed by atoms with Crippen LogP contribution in [0.15, 0.2) is 30.3 Å². The van der Waals surface area contributed by atoms with Gasteiger partial charge in [-0.3, -0.25) is 4.79 Å². The van der Waals surface area contributed by atoms with E-state index in [4.69, 9.17) is 0 Å². The maximum absolute atomic E-state index is 12.5. The molecular weight excluding hydrogens is 290 g/mol. The monoisotopic (exact) mass is 315 g/mol. The molecule has 5 heteroatoms. The predicted octanol–water partition coefficient (Wildman–Crippen LogP) is 2.40. The first-order chi connectivity index (χ1) is 11.1. The second-order valence-electron chi connectivity index (χ2n) is 6.70. The van der Waals surface area contributed by atoms with Crippen molar-refractivity contribution in [1.29, 1.82) is 0 Å². The molecule has 3 amide bonds. The average molecular weight is 315 g/mol. The van der Waals surface area contributed by atoms with Crippen LogP contribution in [-0.2, 0) is 4.79 Å². The van der Waals surface area contributed by atoms with Crippen LogP contribution in [0.3, 0.4) is 0 Å². The number of nitrogens with zero attached hydrogens (tertiary/aromatic N) is 2. The second-order valence-corrected chi connectivity index (χ2v) is 6.70. The molecule has 2 unspecified atom stereocenters. The highest BCUT2D eigenvalue weighted by Gasteiger charge is 2.28. The summed E-state index contributed by atoms with van der Waals surface area (Å²) in [4.78, 5) is 28.2. The van der Waals surface area contributed by atoms with Gasteiger partial charge >= 0.3 is 6.03 Å². The summed E-state index contributed by atoms with van der Waals surface area (Å²) in [6.07, 6.45) is 2.60. The predicted molar refractivity (Wildman–Crippen MR) is 88.9 cm³/mol.